The van der Waals surface area contributed by atoms with E-state index in [1.54, 1.807) is 11.0 Å². The van der Waals surface area contributed by atoms with E-state index in [-0.39, 0.29) is 34.6 Å². The van der Waals surface area contributed by atoms with Crippen LogP contribution in [0.2, 0.25) is 5.02 Å². The van der Waals surface area contributed by atoms with Crippen LogP contribution in [0.3, 0.4) is 0 Å². The number of pyridine rings is 2. The molecule has 2 aromatic heterocycles. The Balaban J connectivity index is 1.39. The zero-order valence-corrected chi connectivity index (χ0v) is 18.4. The summed E-state index contributed by atoms with van der Waals surface area (Å²) in [5.41, 5.74) is -0.548. The summed E-state index contributed by atoms with van der Waals surface area (Å²) >= 11 is 6.08. The SMILES string of the molecule is O=C(N[C@@H]1CCCN(c2ncc(C(F)(F)F)cc2Cl)C1)c1ccnc(NC(=O)C2CCC2)c1. The van der Waals surface area contributed by atoms with Crippen LogP contribution in [0, 0.1) is 5.92 Å². The molecule has 1 saturated carbocycles. The van der Waals surface area contributed by atoms with Gasteiger partial charge in [-0.3, -0.25) is 9.59 Å². The van der Waals surface area contributed by atoms with Gasteiger partial charge in [-0.15, -0.1) is 0 Å². The number of amides is 2. The van der Waals surface area contributed by atoms with Crippen molar-refractivity contribution in [3.8, 4) is 0 Å². The van der Waals surface area contributed by atoms with E-state index >= 15 is 0 Å². The van der Waals surface area contributed by atoms with E-state index in [1.807, 2.05) is 0 Å². The Morgan fingerprint density at radius 2 is 1.91 bits per heavy atom. The lowest BCUT2D eigenvalue weighted by Gasteiger charge is -2.34. The summed E-state index contributed by atoms with van der Waals surface area (Å²) in [6, 6.07) is 3.71. The Kier molecular flexibility index (Phi) is 6.73. The Bertz CT molecular complexity index is 1040. The number of alkyl halides is 3. The number of halogens is 4. The van der Waals surface area contributed by atoms with E-state index < -0.39 is 11.7 Å². The maximum Gasteiger partial charge on any atom is 0.417 e. The molecule has 1 saturated heterocycles. The molecule has 1 aliphatic heterocycles. The average Bonchev–Trinajstić information content (AvgIpc) is 2.72. The van der Waals surface area contributed by atoms with E-state index in [2.05, 4.69) is 20.6 Å². The monoisotopic (exact) mass is 481 g/mol. The van der Waals surface area contributed by atoms with Gasteiger partial charge < -0.3 is 15.5 Å². The van der Waals surface area contributed by atoms with E-state index in [0.717, 1.165) is 31.5 Å². The molecule has 2 N–H and O–H groups in total. The molecular formula is C22H23ClF3N5O2. The van der Waals surface area contributed by atoms with Gasteiger partial charge in [0.05, 0.1) is 10.6 Å². The lowest BCUT2D eigenvalue weighted by atomic mass is 9.85. The molecule has 176 valence electrons. The summed E-state index contributed by atoms with van der Waals surface area (Å²) in [5.74, 6) is 0.173. The molecule has 0 unspecified atom stereocenters. The normalized spacial score (nSPS) is 19.0. The van der Waals surface area contributed by atoms with Crippen molar-refractivity contribution in [2.24, 2.45) is 5.92 Å². The van der Waals surface area contributed by atoms with Crippen molar-refractivity contribution >= 4 is 35.1 Å². The number of rotatable bonds is 5. The molecule has 2 fully saturated rings. The van der Waals surface area contributed by atoms with Gasteiger partial charge in [-0.2, -0.15) is 13.2 Å². The van der Waals surface area contributed by atoms with Crippen molar-refractivity contribution in [3.05, 3.63) is 46.7 Å². The first-order chi connectivity index (χ1) is 15.7. The zero-order valence-electron chi connectivity index (χ0n) is 17.7. The lowest BCUT2D eigenvalue weighted by molar-refractivity contribution is -0.137. The highest BCUT2D eigenvalue weighted by Gasteiger charge is 2.33. The molecule has 3 heterocycles. The van der Waals surface area contributed by atoms with Gasteiger partial charge in [-0.05, 0) is 43.9 Å². The number of aromatic nitrogens is 2. The highest BCUT2D eigenvalue weighted by Crippen LogP contribution is 2.34. The number of hydrogen-bond donors (Lipinski definition) is 2. The van der Waals surface area contributed by atoms with Crippen molar-refractivity contribution in [1.29, 1.82) is 0 Å². The first kappa shape index (κ1) is 23.3. The fourth-order valence-corrected chi connectivity index (χ4v) is 4.20. The van der Waals surface area contributed by atoms with E-state index in [1.165, 1.54) is 12.3 Å². The zero-order chi connectivity index (χ0) is 23.6. The second-order valence-electron chi connectivity index (χ2n) is 8.33. The first-order valence-corrected chi connectivity index (χ1v) is 11.1. The third-order valence-corrected chi connectivity index (χ3v) is 6.23. The summed E-state index contributed by atoms with van der Waals surface area (Å²) in [6.07, 6.45) is 1.89. The minimum Gasteiger partial charge on any atom is -0.353 e. The van der Waals surface area contributed by atoms with Gasteiger partial charge in [0.15, 0.2) is 0 Å². The molecule has 1 atom stereocenters. The molecule has 11 heteroatoms. The third kappa shape index (κ3) is 5.55. The van der Waals surface area contributed by atoms with Crippen molar-refractivity contribution in [2.75, 3.05) is 23.3 Å². The minimum absolute atomic E-state index is 0.00290. The van der Waals surface area contributed by atoms with Crippen LogP contribution < -0.4 is 15.5 Å². The molecule has 0 radical (unpaired) electrons. The quantitative estimate of drug-likeness (QED) is 0.665. The fraction of sp³-hybridized carbons (Fsp3) is 0.455. The maximum absolute atomic E-state index is 12.9. The number of carbonyl (C=O) groups is 2. The molecule has 2 aliphatic rings. The maximum atomic E-state index is 12.9. The fourth-order valence-electron chi connectivity index (χ4n) is 3.91. The second-order valence-corrected chi connectivity index (χ2v) is 8.74. The number of nitrogens with zero attached hydrogens (tertiary/aromatic N) is 3. The number of piperidine rings is 1. The molecule has 1 aliphatic carbocycles. The van der Waals surface area contributed by atoms with E-state index in [0.29, 0.717) is 37.3 Å². The molecule has 33 heavy (non-hydrogen) atoms. The standard InChI is InChI=1S/C22H23ClF3N5O2/c23-17-10-15(22(24,25)26)11-28-19(17)31-8-2-5-16(12-31)29-21(33)14-6-7-27-18(9-14)30-20(32)13-3-1-4-13/h6-7,9-11,13,16H,1-5,8,12H2,(H,29,33)(H,27,30,32)/t16-/m1/s1. The summed E-state index contributed by atoms with van der Waals surface area (Å²) < 4.78 is 38.6. The smallest absolute Gasteiger partial charge is 0.353 e. The van der Waals surface area contributed by atoms with Crippen LogP contribution in [-0.2, 0) is 11.0 Å². The molecule has 2 aromatic rings. The van der Waals surface area contributed by atoms with Gasteiger partial charge >= 0.3 is 6.18 Å². The van der Waals surface area contributed by atoms with Crippen molar-refractivity contribution in [3.63, 3.8) is 0 Å². The number of anilines is 2. The van der Waals surface area contributed by atoms with Gasteiger partial charge in [0.25, 0.3) is 5.91 Å². The molecule has 4 rings (SSSR count). The van der Waals surface area contributed by atoms with Crippen molar-refractivity contribution in [2.45, 2.75) is 44.3 Å². The highest BCUT2D eigenvalue weighted by atomic mass is 35.5. The van der Waals surface area contributed by atoms with Gasteiger partial charge in [0.2, 0.25) is 5.91 Å². The highest BCUT2D eigenvalue weighted by molar-refractivity contribution is 6.33. The Morgan fingerprint density at radius 3 is 2.58 bits per heavy atom. The Hall–Kier alpha value is -2.88. The topological polar surface area (TPSA) is 87.2 Å². The van der Waals surface area contributed by atoms with Crippen LogP contribution in [0.5, 0.6) is 0 Å². The number of hydrogen-bond acceptors (Lipinski definition) is 5. The van der Waals surface area contributed by atoms with Crippen LogP contribution in [0.1, 0.15) is 48.0 Å². The molecular weight excluding hydrogens is 459 g/mol. The van der Waals surface area contributed by atoms with E-state index in [4.69, 9.17) is 11.6 Å². The number of nitrogens with one attached hydrogen (secondary N) is 2. The third-order valence-electron chi connectivity index (χ3n) is 5.95. The van der Waals surface area contributed by atoms with Gasteiger partial charge in [-0.25, -0.2) is 9.97 Å². The van der Waals surface area contributed by atoms with Gasteiger partial charge in [0.1, 0.15) is 11.6 Å². The average molecular weight is 482 g/mol. The second kappa shape index (κ2) is 9.54. The molecule has 2 amide bonds. The lowest BCUT2D eigenvalue weighted by Crippen LogP contribution is -2.48. The van der Waals surface area contributed by atoms with Crippen LogP contribution in [0.4, 0.5) is 24.8 Å². The Morgan fingerprint density at radius 1 is 1.12 bits per heavy atom. The van der Waals surface area contributed by atoms with Crippen molar-refractivity contribution in [1.82, 2.24) is 15.3 Å². The van der Waals surface area contributed by atoms with Gasteiger partial charge in [-0.1, -0.05) is 18.0 Å². The van der Waals surface area contributed by atoms with Crippen LogP contribution in [0.25, 0.3) is 0 Å². The predicted molar refractivity (Wildman–Crippen MR) is 117 cm³/mol. The van der Waals surface area contributed by atoms with Crippen LogP contribution in [0.15, 0.2) is 30.6 Å². The largest absolute Gasteiger partial charge is 0.417 e. The van der Waals surface area contributed by atoms with Gasteiger partial charge in [0, 0.05) is 43.0 Å². The minimum atomic E-state index is -4.52. The van der Waals surface area contributed by atoms with Crippen molar-refractivity contribution < 1.29 is 22.8 Å². The first-order valence-electron chi connectivity index (χ1n) is 10.8. The van der Waals surface area contributed by atoms with Crippen LogP contribution in [-0.4, -0.2) is 40.9 Å². The molecule has 0 aromatic carbocycles. The molecule has 7 nitrogen and oxygen atoms in total. The number of carbonyl (C=O) groups excluding carboxylic acids is 2. The van der Waals surface area contributed by atoms with E-state index in [9.17, 15) is 22.8 Å². The predicted octanol–water partition coefficient (Wildman–Crippen LogP) is 4.29. The summed E-state index contributed by atoms with van der Waals surface area (Å²) in [7, 11) is 0. The molecule has 0 spiro atoms. The summed E-state index contributed by atoms with van der Waals surface area (Å²) in [5, 5.41) is 5.61. The Labute approximate surface area is 193 Å². The molecule has 0 bridgehead atoms. The van der Waals surface area contributed by atoms with Crippen LogP contribution >= 0.6 is 11.6 Å². The summed E-state index contributed by atoms with van der Waals surface area (Å²) in [4.78, 5) is 34.7. The summed E-state index contributed by atoms with van der Waals surface area (Å²) in [6.45, 7) is 0.928.